The lowest BCUT2D eigenvalue weighted by molar-refractivity contribution is 0.477. The molecule has 0 amide bonds. The van der Waals surface area contributed by atoms with E-state index < -0.39 is 0 Å². The molecule has 4 aromatic rings. The number of anilines is 1. The third-order valence-electron chi connectivity index (χ3n) is 4.03. The molecule has 0 atom stereocenters. The van der Waals surface area contributed by atoms with E-state index in [4.69, 9.17) is 11.6 Å². The van der Waals surface area contributed by atoms with Crippen LogP contribution in [0.15, 0.2) is 77.9 Å². The number of halogens is 1. The number of hydrogen-bond donors (Lipinski definition) is 2. The van der Waals surface area contributed by atoms with Crippen molar-refractivity contribution >= 4 is 34.5 Å². The Hall–Kier alpha value is -3.44. The highest BCUT2D eigenvalue weighted by molar-refractivity contribution is 6.33. The standard InChI is InChI=1S/C21H15ClN4O/c22-17-10-4-1-7-14(17)13-23-26-21-15-8-2-5-11-18(15)24-20(25-21)16-9-3-6-12-19(16)27/h1-13,27H,(H,24,25,26)/b23-13-. The summed E-state index contributed by atoms with van der Waals surface area (Å²) in [4.78, 5) is 9.12. The van der Waals surface area contributed by atoms with Gasteiger partial charge in [-0.05, 0) is 30.3 Å². The number of rotatable bonds is 4. The fraction of sp³-hybridized carbons (Fsp3) is 0. The Bertz CT molecular complexity index is 1140. The molecule has 6 heteroatoms. The molecule has 5 nitrogen and oxygen atoms in total. The van der Waals surface area contributed by atoms with Crippen molar-refractivity contribution in [3.63, 3.8) is 0 Å². The maximum absolute atomic E-state index is 10.1. The van der Waals surface area contributed by atoms with E-state index in [1.165, 1.54) is 0 Å². The van der Waals surface area contributed by atoms with Gasteiger partial charge in [-0.2, -0.15) is 5.10 Å². The molecule has 0 radical (unpaired) electrons. The first-order chi connectivity index (χ1) is 13.2. The summed E-state index contributed by atoms with van der Waals surface area (Å²) in [5, 5.41) is 15.8. The molecule has 3 aromatic carbocycles. The van der Waals surface area contributed by atoms with E-state index in [1.54, 1.807) is 30.5 Å². The smallest absolute Gasteiger partial charge is 0.165 e. The second-order valence-electron chi connectivity index (χ2n) is 5.82. The van der Waals surface area contributed by atoms with Crippen molar-refractivity contribution in [1.82, 2.24) is 9.97 Å². The number of nitrogens with one attached hydrogen (secondary N) is 1. The Kier molecular flexibility index (Phi) is 4.68. The number of nitrogens with zero attached hydrogens (tertiary/aromatic N) is 3. The number of phenolic OH excluding ortho intramolecular Hbond substituents is 1. The zero-order chi connectivity index (χ0) is 18.6. The van der Waals surface area contributed by atoms with Crippen LogP contribution in [0.1, 0.15) is 5.56 Å². The van der Waals surface area contributed by atoms with Crippen molar-refractivity contribution < 1.29 is 5.11 Å². The van der Waals surface area contributed by atoms with E-state index in [0.29, 0.717) is 22.2 Å². The normalized spacial score (nSPS) is 11.1. The number of hydrazone groups is 1. The van der Waals surface area contributed by atoms with E-state index in [0.717, 1.165) is 16.5 Å². The van der Waals surface area contributed by atoms with Gasteiger partial charge in [0.15, 0.2) is 11.6 Å². The Labute approximate surface area is 161 Å². The highest BCUT2D eigenvalue weighted by Crippen LogP contribution is 2.29. The minimum absolute atomic E-state index is 0.123. The van der Waals surface area contributed by atoms with E-state index in [2.05, 4.69) is 20.5 Å². The summed E-state index contributed by atoms with van der Waals surface area (Å²) in [5.41, 5.74) is 5.08. The van der Waals surface area contributed by atoms with Crippen LogP contribution in [-0.2, 0) is 0 Å². The quantitative estimate of drug-likeness (QED) is 0.385. The molecule has 0 spiro atoms. The molecule has 0 aliphatic heterocycles. The molecule has 0 bridgehead atoms. The number of para-hydroxylation sites is 2. The topological polar surface area (TPSA) is 70.4 Å². The summed E-state index contributed by atoms with van der Waals surface area (Å²) in [7, 11) is 0. The summed E-state index contributed by atoms with van der Waals surface area (Å²) in [6.07, 6.45) is 1.64. The highest BCUT2D eigenvalue weighted by atomic mass is 35.5. The predicted octanol–water partition coefficient (Wildman–Crippen LogP) is 5.10. The first kappa shape index (κ1) is 17.0. The number of aromatic hydroxyl groups is 1. The fourth-order valence-electron chi connectivity index (χ4n) is 2.69. The Balaban J connectivity index is 1.75. The summed E-state index contributed by atoms with van der Waals surface area (Å²) in [6, 6.07) is 22.0. The van der Waals surface area contributed by atoms with Gasteiger partial charge in [-0.25, -0.2) is 9.97 Å². The monoisotopic (exact) mass is 374 g/mol. The number of benzene rings is 3. The van der Waals surface area contributed by atoms with Crippen LogP contribution < -0.4 is 5.43 Å². The van der Waals surface area contributed by atoms with Gasteiger partial charge in [-0.3, -0.25) is 5.43 Å². The molecule has 0 saturated heterocycles. The van der Waals surface area contributed by atoms with E-state index >= 15 is 0 Å². The van der Waals surface area contributed by atoms with Crippen molar-refractivity contribution in [2.24, 2.45) is 5.10 Å². The molecule has 4 rings (SSSR count). The minimum atomic E-state index is 0.123. The first-order valence-corrected chi connectivity index (χ1v) is 8.69. The van der Waals surface area contributed by atoms with Crippen molar-refractivity contribution in [1.29, 1.82) is 0 Å². The third-order valence-corrected chi connectivity index (χ3v) is 4.37. The van der Waals surface area contributed by atoms with Crippen molar-refractivity contribution in [2.45, 2.75) is 0 Å². The van der Waals surface area contributed by atoms with E-state index in [-0.39, 0.29) is 5.75 Å². The van der Waals surface area contributed by atoms with Crippen LogP contribution >= 0.6 is 11.6 Å². The van der Waals surface area contributed by atoms with Crippen LogP contribution in [0.3, 0.4) is 0 Å². The maximum Gasteiger partial charge on any atom is 0.165 e. The largest absolute Gasteiger partial charge is 0.507 e. The van der Waals surface area contributed by atoms with Crippen molar-refractivity contribution in [2.75, 3.05) is 5.43 Å². The second-order valence-corrected chi connectivity index (χ2v) is 6.23. The molecule has 0 aliphatic carbocycles. The van der Waals surface area contributed by atoms with Crippen LogP contribution in [0.2, 0.25) is 5.02 Å². The lowest BCUT2D eigenvalue weighted by Crippen LogP contribution is -1.99. The Morgan fingerprint density at radius 3 is 2.48 bits per heavy atom. The minimum Gasteiger partial charge on any atom is -0.507 e. The third kappa shape index (κ3) is 3.59. The molecule has 1 heterocycles. The molecular weight excluding hydrogens is 360 g/mol. The van der Waals surface area contributed by atoms with Gasteiger partial charge < -0.3 is 5.11 Å². The van der Waals surface area contributed by atoms with Gasteiger partial charge in [0.1, 0.15) is 5.75 Å². The molecule has 132 valence electrons. The number of hydrogen-bond acceptors (Lipinski definition) is 5. The average molecular weight is 375 g/mol. The van der Waals surface area contributed by atoms with Crippen molar-refractivity contribution in [3.05, 3.63) is 83.4 Å². The molecule has 1 aromatic heterocycles. The summed E-state index contributed by atoms with van der Waals surface area (Å²) >= 11 is 6.15. The van der Waals surface area contributed by atoms with Gasteiger partial charge in [0.05, 0.1) is 17.3 Å². The highest BCUT2D eigenvalue weighted by Gasteiger charge is 2.11. The van der Waals surface area contributed by atoms with Crippen molar-refractivity contribution in [3.8, 4) is 17.1 Å². The Morgan fingerprint density at radius 2 is 1.63 bits per heavy atom. The van der Waals surface area contributed by atoms with Crippen LogP contribution in [-0.4, -0.2) is 21.3 Å². The maximum atomic E-state index is 10.1. The zero-order valence-electron chi connectivity index (χ0n) is 14.2. The number of fused-ring (bicyclic) bond motifs is 1. The molecular formula is C21H15ClN4O. The number of phenols is 1. The van der Waals surface area contributed by atoms with Gasteiger partial charge in [0.2, 0.25) is 0 Å². The van der Waals surface area contributed by atoms with Gasteiger partial charge in [-0.1, -0.05) is 54.1 Å². The molecule has 0 unspecified atom stereocenters. The Morgan fingerprint density at radius 1 is 0.889 bits per heavy atom. The first-order valence-electron chi connectivity index (χ1n) is 8.31. The lowest BCUT2D eigenvalue weighted by atomic mass is 10.1. The summed E-state index contributed by atoms with van der Waals surface area (Å²) in [6.45, 7) is 0. The zero-order valence-corrected chi connectivity index (χ0v) is 14.9. The SMILES string of the molecule is Oc1ccccc1-c1nc(N/N=C\c2ccccc2Cl)c2ccccc2n1. The van der Waals surface area contributed by atoms with Crippen LogP contribution in [0.25, 0.3) is 22.3 Å². The molecule has 0 saturated carbocycles. The van der Waals surface area contributed by atoms with Crippen LogP contribution in [0.5, 0.6) is 5.75 Å². The molecule has 0 aliphatic rings. The van der Waals surface area contributed by atoms with E-state index in [1.807, 2.05) is 48.5 Å². The van der Waals surface area contributed by atoms with Gasteiger partial charge in [-0.15, -0.1) is 0 Å². The number of aromatic nitrogens is 2. The fourth-order valence-corrected chi connectivity index (χ4v) is 2.87. The van der Waals surface area contributed by atoms with Gasteiger partial charge >= 0.3 is 0 Å². The van der Waals surface area contributed by atoms with Gasteiger partial charge in [0, 0.05) is 16.0 Å². The average Bonchev–Trinajstić information content (AvgIpc) is 2.69. The van der Waals surface area contributed by atoms with Gasteiger partial charge in [0.25, 0.3) is 0 Å². The van der Waals surface area contributed by atoms with Crippen LogP contribution in [0, 0.1) is 0 Å². The second kappa shape index (κ2) is 7.43. The lowest BCUT2D eigenvalue weighted by Gasteiger charge is -2.09. The molecule has 2 N–H and O–H groups in total. The van der Waals surface area contributed by atoms with E-state index in [9.17, 15) is 5.11 Å². The molecule has 27 heavy (non-hydrogen) atoms. The summed E-state index contributed by atoms with van der Waals surface area (Å²) in [5.74, 6) is 1.09. The molecule has 0 fully saturated rings. The predicted molar refractivity (Wildman–Crippen MR) is 109 cm³/mol. The summed E-state index contributed by atoms with van der Waals surface area (Å²) < 4.78 is 0. The van der Waals surface area contributed by atoms with Crippen LogP contribution in [0.4, 0.5) is 5.82 Å².